The van der Waals surface area contributed by atoms with Crippen LogP contribution in [0.2, 0.25) is 0 Å². The number of aromatic nitrogens is 2. The topological polar surface area (TPSA) is 52.1 Å². The number of benzene rings is 2. The first-order valence-corrected chi connectivity index (χ1v) is 8.20. The number of H-pyrrole nitrogens is 1. The zero-order chi connectivity index (χ0) is 15.6. The Hall–Kier alpha value is -2.17. The number of likely N-dealkylation sites (tertiary alicyclic amines) is 1. The first-order valence-electron chi connectivity index (χ1n) is 8.20. The normalized spacial score (nSPS) is 20.1. The predicted octanol–water partition coefficient (Wildman–Crippen LogP) is 3.26. The standard InChI is InChI=1S/C19H21N3O/c23-19(15-5-2-1-3-6-15)18-7-4-10-22(18)13-14-8-9-16-12-20-21-17(16)11-14/h1-3,5-6,8-9,11-12,18-19,23H,4,7,10,13H2,(H,20,21). The van der Waals surface area contributed by atoms with Crippen LogP contribution >= 0.6 is 0 Å². The third-order valence-electron chi connectivity index (χ3n) is 4.81. The lowest BCUT2D eigenvalue weighted by atomic mass is 10.00. The third kappa shape index (κ3) is 2.87. The molecule has 1 aliphatic rings. The fraction of sp³-hybridized carbons (Fsp3) is 0.316. The first kappa shape index (κ1) is 14.4. The summed E-state index contributed by atoms with van der Waals surface area (Å²) in [5.41, 5.74) is 3.34. The molecule has 0 spiro atoms. The molecule has 1 aliphatic heterocycles. The fourth-order valence-electron chi connectivity index (χ4n) is 3.60. The van der Waals surface area contributed by atoms with Crippen LogP contribution in [0.5, 0.6) is 0 Å². The summed E-state index contributed by atoms with van der Waals surface area (Å²) in [6.07, 6.45) is 3.61. The molecule has 3 aromatic rings. The van der Waals surface area contributed by atoms with E-state index in [1.54, 1.807) is 0 Å². The molecule has 2 unspecified atom stereocenters. The predicted molar refractivity (Wildman–Crippen MR) is 90.9 cm³/mol. The fourth-order valence-corrected chi connectivity index (χ4v) is 3.60. The van der Waals surface area contributed by atoms with Crippen LogP contribution in [0.3, 0.4) is 0 Å². The van der Waals surface area contributed by atoms with Crippen molar-refractivity contribution >= 4 is 10.9 Å². The van der Waals surface area contributed by atoms with Gasteiger partial charge in [-0.3, -0.25) is 10.00 Å². The Kier molecular flexibility index (Phi) is 3.85. The van der Waals surface area contributed by atoms with Crippen molar-refractivity contribution in [3.8, 4) is 0 Å². The number of rotatable bonds is 4. The summed E-state index contributed by atoms with van der Waals surface area (Å²) in [5.74, 6) is 0. The van der Waals surface area contributed by atoms with Gasteiger partial charge in [-0.15, -0.1) is 0 Å². The molecule has 23 heavy (non-hydrogen) atoms. The van der Waals surface area contributed by atoms with Gasteiger partial charge < -0.3 is 5.11 Å². The van der Waals surface area contributed by atoms with E-state index in [4.69, 9.17) is 0 Å². The number of aliphatic hydroxyl groups is 1. The average Bonchev–Trinajstić information content (AvgIpc) is 3.23. The second-order valence-electron chi connectivity index (χ2n) is 6.33. The zero-order valence-electron chi connectivity index (χ0n) is 13.0. The number of hydrogen-bond donors (Lipinski definition) is 2. The Balaban J connectivity index is 1.53. The summed E-state index contributed by atoms with van der Waals surface area (Å²) in [6, 6.07) is 16.6. The van der Waals surface area contributed by atoms with E-state index in [-0.39, 0.29) is 6.04 Å². The second-order valence-corrected chi connectivity index (χ2v) is 6.33. The number of aromatic amines is 1. The molecule has 0 bridgehead atoms. The minimum absolute atomic E-state index is 0.190. The van der Waals surface area contributed by atoms with Crippen molar-refractivity contribution in [1.29, 1.82) is 0 Å². The van der Waals surface area contributed by atoms with Gasteiger partial charge in [0, 0.05) is 18.0 Å². The maximum absolute atomic E-state index is 10.7. The Morgan fingerprint density at radius 1 is 1.22 bits per heavy atom. The maximum Gasteiger partial charge on any atom is 0.0945 e. The molecule has 1 fully saturated rings. The summed E-state index contributed by atoms with van der Waals surface area (Å²) < 4.78 is 0. The lowest BCUT2D eigenvalue weighted by molar-refractivity contribution is 0.0688. The van der Waals surface area contributed by atoms with E-state index in [1.165, 1.54) is 5.56 Å². The first-order chi connectivity index (χ1) is 11.3. The van der Waals surface area contributed by atoms with E-state index in [0.29, 0.717) is 0 Å². The van der Waals surface area contributed by atoms with Crippen molar-refractivity contribution in [2.45, 2.75) is 31.5 Å². The van der Waals surface area contributed by atoms with Crippen molar-refractivity contribution in [3.63, 3.8) is 0 Å². The van der Waals surface area contributed by atoms with Crippen LogP contribution in [0.4, 0.5) is 0 Å². The SMILES string of the molecule is OC(c1ccccc1)C1CCCN1Cc1ccc2cn[nH]c2c1. The van der Waals surface area contributed by atoms with Crippen molar-refractivity contribution < 1.29 is 5.11 Å². The third-order valence-corrected chi connectivity index (χ3v) is 4.81. The molecule has 118 valence electrons. The highest BCUT2D eigenvalue weighted by Gasteiger charge is 2.31. The zero-order valence-corrected chi connectivity index (χ0v) is 13.0. The number of aliphatic hydroxyl groups excluding tert-OH is 1. The highest BCUT2D eigenvalue weighted by molar-refractivity contribution is 5.78. The number of nitrogens with one attached hydrogen (secondary N) is 1. The van der Waals surface area contributed by atoms with Crippen LogP contribution < -0.4 is 0 Å². The summed E-state index contributed by atoms with van der Waals surface area (Å²) in [4.78, 5) is 2.40. The van der Waals surface area contributed by atoms with Gasteiger partial charge in [-0.2, -0.15) is 5.10 Å². The molecule has 2 atom stereocenters. The summed E-state index contributed by atoms with van der Waals surface area (Å²) >= 11 is 0. The maximum atomic E-state index is 10.7. The smallest absolute Gasteiger partial charge is 0.0945 e. The van der Waals surface area contributed by atoms with Crippen LogP contribution in [0.1, 0.15) is 30.1 Å². The molecular formula is C19H21N3O. The minimum Gasteiger partial charge on any atom is -0.387 e. The van der Waals surface area contributed by atoms with Gasteiger partial charge in [0.25, 0.3) is 0 Å². The molecule has 1 saturated heterocycles. The van der Waals surface area contributed by atoms with Gasteiger partial charge in [0.2, 0.25) is 0 Å². The molecular weight excluding hydrogens is 286 g/mol. The van der Waals surface area contributed by atoms with Gasteiger partial charge in [-0.05, 0) is 36.6 Å². The van der Waals surface area contributed by atoms with Crippen molar-refractivity contribution in [1.82, 2.24) is 15.1 Å². The van der Waals surface area contributed by atoms with Gasteiger partial charge in [0.05, 0.1) is 17.8 Å². The van der Waals surface area contributed by atoms with Gasteiger partial charge >= 0.3 is 0 Å². The molecule has 2 heterocycles. The van der Waals surface area contributed by atoms with Crippen LogP contribution in [-0.4, -0.2) is 32.8 Å². The highest BCUT2D eigenvalue weighted by Crippen LogP contribution is 2.30. The quantitative estimate of drug-likeness (QED) is 0.778. The van der Waals surface area contributed by atoms with E-state index >= 15 is 0 Å². The van der Waals surface area contributed by atoms with E-state index in [2.05, 4.69) is 33.3 Å². The molecule has 0 amide bonds. The lowest BCUT2D eigenvalue weighted by Gasteiger charge is -2.29. The van der Waals surface area contributed by atoms with Crippen LogP contribution in [0.25, 0.3) is 10.9 Å². The van der Waals surface area contributed by atoms with Gasteiger partial charge in [0.15, 0.2) is 0 Å². The summed E-state index contributed by atoms with van der Waals surface area (Å²) in [5, 5.41) is 19.0. The molecule has 0 saturated carbocycles. The Morgan fingerprint density at radius 2 is 2.09 bits per heavy atom. The highest BCUT2D eigenvalue weighted by atomic mass is 16.3. The molecule has 2 aromatic carbocycles. The monoisotopic (exact) mass is 307 g/mol. The Labute approximate surface area is 135 Å². The molecule has 0 radical (unpaired) electrons. The second kappa shape index (κ2) is 6.14. The Bertz CT molecular complexity index is 783. The lowest BCUT2D eigenvalue weighted by Crippen LogP contribution is -2.34. The van der Waals surface area contributed by atoms with Gasteiger partial charge in [-0.25, -0.2) is 0 Å². The summed E-state index contributed by atoms with van der Waals surface area (Å²) in [6.45, 7) is 1.90. The van der Waals surface area contributed by atoms with Crippen LogP contribution in [0.15, 0.2) is 54.7 Å². The van der Waals surface area contributed by atoms with Crippen molar-refractivity contribution in [2.24, 2.45) is 0 Å². The van der Waals surface area contributed by atoms with E-state index < -0.39 is 6.10 Å². The number of nitrogens with zero attached hydrogens (tertiary/aromatic N) is 2. The van der Waals surface area contributed by atoms with Gasteiger partial charge in [-0.1, -0.05) is 42.5 Å². The minimum atomic E-state index is -0.422. The molecule has 1 aromatic heterocycles. The summed E-state index contributed by atoms with van der Waals surface area (Å²) in [7, 11) is 0. The number of hydrogen-bond acceptors (Lipinski definition) is 3. The van der Waals surface area contributed by atoms with Gasteiger partial charge in [0.1, 0.15) is 0 Å². The molecule has 0 aliphatic carbocycles. The largest absolute Gasteiger partial charge is 0.387 e. The van der Waals surface area contributed by atoms with E-state index in [1.807, 2.05) is 36.5 Å². The van der Waals surface area contributed by atoms with Crippen molar-refractivity contribution in [2.75, 3.05) is 6.54 Å². The van der Waals surface area contributed by atoms with E-state index in [0.717, 1.165) is 42.4 Å². The number of fused-ring (bicyclic) bond motifs is 1. The molecule has 2 N–H and O–H groups in total. The van der Waals surface area contributed by atoms with E-state index in [9.17, 15) is 5.11 Å². The Morgan fingerprint density at radius 3 is 2.96 bits per heavy atom. The van der Waals surface area contributed by atoms with Crippen LogP contribution in [0, 0.1) is 0 Å². The van der Waals surface area contributed by atoms with Crippen LogP contribution in [-0.2, 0) is 6.54 Å². The van der Waals surface area contributed by atoms with Crippen molar-refractivity contribution in [3.05, 3.63) is 65.9 Å². The molecule has 4 rings (SSSR count). The average molecular weight is 307 g/mol. The molecule has 4 nitrogen and oxygen atoms in total. The molecule has 4 heteroatoms.